The SMILES string of the molecule is CSCC[C@H](NC(=O)[C@@H](NC(=O)OC(C)(C)C)C(C)C)C(=O)N[C@@H](CC(C)C)[C@@H](O)C[C@@H](C)C(=O)N[C@@H]1CCCC[C@H]1O. The Kier molecular flexibility index (Phi) is 16.9. The standard InChI is InChI=1S/C31H58N4O7S/c1-18(2)16-23(25(37)17-20(5)27(38)32-21-12-10-11-13-24(21)36)34-28(39)22(14-15-43-9)33-29(40)26(19(3)4)35-30(41)42-31(6,7)8/h18-26,36-37H,10-17H2,1-9H3,(H,32,38)(H,33,40)(H,34,39)(H,35,41)/t20-,21-,22+,23+,24-,25+,26+/m1/s1. The molecule has 43 heavy (non-hydrogen) atoms. The van der Waals surface area contributed by atoms with E-state index in [1.165, 1.54) is 11.8 Å². The van der Waals surface area contributed by atoms with E-state index in [1.807, 2.05) is 20.1 Å². The first-order valence-electron chi connectivity index (χ1n) is 15.7. The Labute approximate surface area is 262 Å². The van der Waals surface area contributed by atoms with Gasteiger partial charge in [0.1, 0.15) is 17.7 Å². The van der Waals surface area contributed by atoms with Crippen LogP contribution in [0.15, 0.2) is 0 Å². The minimum absolute atomic E-state index is 0.128. The molecule has 1 aliphatic carbocycles. The van der Waals surface area contributed by atoms with Gasteiger partial charge in [0.25, 0.3) is 0 Å². The molecule has 0 bridgehead atoms. The molecule has 0 radical (unpaired) electrons. The maximum atomic E-state index is 13.5. The molecule has 1 saturated carbocycles. The summed E-state index contributed by atoms with van der Waals surface area (Å²) >= 11 is 1.54. The summed E-state index contributed by atoms with van der Waals surface area (Å²) in [7, 11) is 0. The lowest BCUT2D eigenvalue weighted by molar-refractivity contribution is -0.131. The van der Waals surface area contributed by atoms with Crippen LogP contribution in [0, 0.1) is 17.8 Å². The number of aliphatic hydroxyl groups is 2. The highest BCUT2D eigenvalue weighted by Crippen LogP contribution is 2.21. The lowest BCUT2D eigenvalue weighted by Gasteiger charge is -2.32. The molecule has 0 aromatic heterocycles. The second kappa shape index (κ2) is 18.7. The third-order valence-electron chi connectivity index (χ3n) is 7.48. The van der Waals surface area contributed by atoms with Gasteiger partial charge in [-0.15, -0.1) is 0 Å². The minimum Gasteiger partial charge on any atom is -0.444 e. The molecule has 4 amide bonds. The van der Waals surface area contributed by atoms with Gasteiger partial charge in [-0.1, -0.05) is 47.5 Å². The topological polar surface area (TPSA) is 166 Å². The molecule has 12 heteroatoms. The Morgan fingerprint density at radius 2 is 1.53 bits per heavy atom. The van der Waals surface area contributed by atoms with Crippen molar-refractivity contribution < 1.29 is 34.1 Å². The number of nitrogens with one attached hydrogen (secondary N) is 4. The summed E-state index contributed by atoms with van der Waals surface area (Å²) in [5, 5.41) is 32.7. The van der Waals surface area contributed by atoms with Crippen molar-refractivity contribution in [3.05, 3.63) is 0 Å². The number of hydrogen-bond donors (Lipinski definition) is 6. The van der Waals surface area contributed by atoms with Crippen LogP contribution in [0.1, 0.15) is 100 Å². The smallest absolute Gasteiger partial charge is 0.408 e. The Hall–Kier alpha value is -2.05. The highest BCUT2D eigenvalue weighted by atomic mass is 32.2. The minimum atomic E-state index is -1.00. The number of ether oxygens (including phenoxy) is 1. The zero-order valence-electron chi connectivity index (χ0n) is 27.7. The van der Waals surface area contributed by atoms with Crippen LogP contribution in [0.25, 0.3) is 0 Å². The van der Waals surface area contributed by atoms with Gasteiger partial charge in [0, 0.05) is 5.92 Å². The molecule has 250 valence electrons. The third kappa shape index (κ3) is 15.0. The first-order valence-corrected chi connectivity index (χ1v) is 17.1. The van der Waals surface area contributed by atoms with Crippen LogP contribution in [-0.2, 0) is 19.1 Å². The predicted octanol–water partition coefficient (Wildman–Crippen LogP) is 3.11. The van der Waals surface area contributed by atoms with Crippen LogP contribution in [0.5, 0.6) is 0 Å². The largest absolute Gasteiger partial charge is 0.444 e. The Balaban J connectivity index is 2.96. The van der Waals surface area contributed by atoms with E-state index in [1.54, 1.807) is 41.5 Å². The predicted molar refractivity (Wildman–Crippen MR) is 171 cm³/mol. The second-order valence-corrected chi connectivity index (χ2v) is 14.6. The van der Waals surface area contributed by atoms with Crippen molar-refractivity contribution in [3.63, 3.8) is 0 Å². The van der Waals surface area contributed by atoms with Crippen LogP contribution in [0.3, 0.4) is 0 Å². The molecule has 0 spiro atoms. The number of thioether (sulfide) groups is 1. The van der Waals surface area contributed by atoms with E-state index >= 15 is 0 Å². The second-order valence-electron chi connectivity index (χ2n) is 13.6. The van der Waals surface area contributed by atoms with E-state index in [0.29, 0.717) is 25.0 Å². The highest BCUT2D eigenvalue weighted by molar-refractivity contribution is 7.98. The molecule has 1 fully saturated rings. The number of aliphatic hydroxyl groups excluding tert-OH is 2. The number of carbonyl (C=O) groups is 4. The number of alkyl carbamates (subject to hydrolysis) is 1. The summed E-state index contributed by atoms with van der Waals surface area (Å²) in [5.74, 6) is -1.23. The van der Waals surface area contributed by atoms with Gasteiger partial charge in [-0.3, -0.25) is 14.4 Å². The Morgan fingerprint density at radius 3 is 2.07 bits per heavy atom. The van der Waals surface area contributed by atoms with E-state index in [-0.39, 0.29) is 30.2 Å². The van der Waals surface area contributed by atoms with Gasteiger partial charge in [-0.25, -0.2) is 4.79 Å². The van der Waals surface area contributed by atoms with Gasteiger partial charge >= 0.3 is 6.09 Å². The van der Waals surface area contributed by atoms with Crippen LogP contribution in [0.4, 0.5) is 4.79 Å². The molecule has 0 unspecified atom stereocenters. The van der Waals surface area contributed by atoms with Crippen molar-refractivity contribution in [2.45, 2.75) is 142 Å². The zero-order valence-corrected chi connectivity index (χ0v) is 28.5. The number of carbonyl (C=O) groups excluding carboxylic acids is 4. The molecule has 1 aliphatic rings. The maximum absolute atomic E-state index is 13.5. The van der Waals surface area contributed by atoms with E-state index in [9.17, 15) is 29.4 Å². The van der Waals surface area contributed by atoms with Crippen molar-refractivity contribution in [2.24, 2.45) is 17.8 Å². The number of hydrogen-bond acceptors (Lipinski definition) is 8. The van der Waals surface area contributed by atoms with Crippen LogP contribution in [-0.4, -0.2) is 88.0 Å². The molecule has 0 aliphatic heterocycles. The fourth-order valence-corrected chi connectivity index (χ4v) is 5.55. The van der Waals surface area contributed by atoms with Crippen LogP contribution >= 0.6 is 11.8 Å². The quantitative estimate of drug-likeness (QED) is 0.151. The fourth-order valence-electron chi connectivity index (χ4n) is 5.08. The average Bonchev–Trinajstić information content (AvgIpc) is 2.88. The van der Waals surface area contributed by atoms with Gasteiger partial charge in [0.05, 0.1) is 24.3 Å². The van der Waals surface area contributed by atoms with Crippen molar-refractivity contribution in [2.75, 3.05) is 12.0 Å². The first kappa shape index (κ1) is 39.0. The Bertz CT molecular complexity index is 896. The average molecular weight is 631 g/mol. The van der Waals surface area contributed by atoms with Crippen molar-refractivity contribution in [1.82, 2.24) is 21.3 Å². The molecule has 0 aromatic carbocycles. The number of amides is 4. The summed E-state index contributed by atoms with van der Waals surface area (Å²) in [6.07, 6.45) is 3.84. The molecule has 0 saturated heterocycles. The number of rotatable bonds is 16. The van der Waals surface area contributed by atoms with Gasteiger partial charge < -0.3 is 36.2 Å². The van der Waals surface area contributed by atoms with E-state index in [0.717, 1.165) is 19.3 Å². The van der Waals surface area contributed by atoms with Gasteiger partial charge in [0.15, 0.2) is 0 Å². The van der Waals surface area contributed by atoms with Crippen LogP contribution in [0.2, 0.25) is 0 Å². The summed E-state index contributed by atoms with van der Waals surface area (Å²) in [6, 6.07) is -2.74. The third-order valence-corrected chi connectivity index (χ3v) is 8.13. The molecule has 11 nitrogen and oxygen atoms in total. The van der Waals surface area contributed by atoms with E-state index in [2.05, 4.69) is 21.3 Å². The van der Waals surface area contributed by atoms with E-state index < -0.39 is 59.8 Å². The van der Waals surface area contributed by atoms with Crippen LogP contribution < -0.4 is 21.3 Å². The molecular weight excluding hydrogens is 572 g/mol. The van der Waals surface area contributed by atoms with Gasteiger partial charge in [-0.05, 0) is 76.7 Å². The maximum Gasteiger partial charge on any atom is 0.408 e. The lowest BCUT2D eigenvalue weighted by Crippen LogP contribution is -2.58. The van der Waals surface area contributed by atoms with Crippen molar-refractivity contribution in [1.29, 1.82) is 0 Å². The normalized spacial score (nSPS) is 20.9. The van der Waals surface area contributed by atoms with E-state index in [4.69, 9.17) is 4.74 Å². The van der Waals surface area contributed by atoms with Gasteiger partial charge in [0.2, 0.25) is 17.7 Å². The molecule has 0 aromatic rings. The van der Waals surface area contributed by atoms with Crippen molar-refractivity contribution in [3.8, 4) is 0 Å². The molecule has 7 atom stereocenters. The first-order chi connectivity index (χ1) is 19.9. The summed E-state index contributed by atoms with van der Waals surface area (Å²) in [4.78, 5) is 52.1. The molecule has 1 rings (SSSR count). The molecule has 6 N–H and O–H groups in total. The highest BCUT2D eigenvalue weighted by Gasteiger charge is 2.33. The van der Waals surface area contributed by atoms with Crippen molar-refractivity contribution >= 4 is 35.6 Å². The monoisotopic (exact) mass is 630 g/mol. The molecule has 0 heterocycles. The lowest BCUT2D eigenvalue weighted by atomic mass is 9.90. The molecular formula is C31H58N4O7S. The zero-order chi connectivity index (χ0) is 32.9. The fraction of sp³-hybridized carbons (Fsp3) is 0.871. The summed E-state index contributed by atoms with van der Waals surface area (Å²) in [5.41, 5.74) is -0.732. The summed E-state index contributed by atoms with van der Waals surface area (Å²) in [6.45, 7) is 14.5. The van der Waals surface area contributed by atoms with Gasteiger partial charge in [-0.2, -0.15) is 11.8 Å². The summed E-state index contributed by atoms with van der Waals surface area (Å²) < 4.78 is 5.32. The Morgan fingerprint density at radius 1 is 0.907 bits per heavy atom.